The van der Waals surface area contributed by atoms with Crippen LogP contribution in [0.15, 0.2) is 23.8 Å². The third-order valence-electron chi connectivity index (χ3n) is 12.6. The highest BCUT2D eigenvalue weighted by Crippen LogP contribution is 2.67. The molecule has 1 heterocycles. The zero-order valence-corrected chi connectivity index (χ0v) is 27.2. The van der Waals surface area contributed by atoms with Crippen LogP contribution in [0.2, 0.25) is 0 Å². The van der Waals surface area contributed by atoms with Crippen molar-refractivity contribution in [2.45, 2.75) is 137 Å². The molecule has 5 nitrogen and oxygen atoms in total. The van der Waals surface area contributed by atoms with Gasteiger partial charge in [0.1, 0.15) is 0 Å². The summed E-state index contributed by atoms with van der Waals surface area (Å²) in [6.07, 6.45) is 19.1. The molecule has 3 saturated carbocycles. The number of allylic oxidation sites excluding steroid dienone is 3. The average Bonchev–Trinajstić information content (AvgIpc) is 3.31. The van der Waals surface area contributed by atoms with E-state index in [2.05, 4.69) is 59.8 Å². The summed E-state index contributed by atoms with van der Waals surface area (Å²) in [4.78, 5) is 0. The Morgan fingerprint density at radius 1 is 1.02 bits per heavy atom. The fourth-order valence-corrected chi connectivity index (χ4v) is 10.3. The smallest absolute Gasteiger partial charge is 0.160 e. The summed E-state index contributed by atoms with van der Waals surface area (Å²) in [7, 11) is 1.00. The minimum atomic E-state index is -0.447. The number of fused-ring (bicyclic) bond motifs is 5. The number of ether oxygens (including phenoxy) is 2. The maximum Gasteiger partial charge on any atom is 0.160 e. The van der Waals surface area contributed by atoms with Crippen molar-refractivity contribution in [3.8, 4) is 0 Å². The van der Waals surface area contributed by atoms with Crippen LogP contribution in [0.3, 0.4) is 0 Å². The van der Waals surface area contributed by atoms with Crippen LogP contribution >= 0.6 is 0 Å². The molecule has 0 radical (unpaired) electrons. The maximum absolute atomic E-state index is 10.2. The lowest BCUT2D eigenvalue weighted by molar-refractivity contribution is -0.242. The Bertz CT molecular complexity index is 898. The van der Waals surface area contributed by atoms with Gasteiger partial charge in [0.2, 0.25) is 0 Å². The second kappa shape index (κ2) is 13.9. The van der Waals surface area contributed by atoms with Gasteiger partial charge in [-0.3, -0.25) is 0 Å². The predicted molar refractivity (Wildman–Crippen MR) is 166 cm³/mol. The van der Waals surface area contributed by atoms with Gasteiger partial charge in [-0.2, -0.15) is 0 Å². The first-order chi connectivity index (χ1) is 19.6. The van der Waals surface area contributed by atoms with Gasteiger partial charge in [0.15, 0.2) is 6.29 Å². The molecule has 0 aromatic heterocycles. The average molecular weight is 575 g/mol. The van der Waals surface area contributed by atoms with Gasteiger partial charge in [-0.05, 0) is 110 Å². The van der Waals surface area contributed by atoms with E-state index in [9.17, 15) is 10.2 Å². The Labute approximate surface area is 251 Å². The molecule has 0 amide bonds. The summed E-state index contributed by atoms with van der Waals surface area (Å²) < 4.78 is 12.3. The van der Waals surface area contributed by atoms with Crippen LogP contribution in [0.4, 0.5) is 0 Å². The third kappa shape index (κ3) is 6.70. The molecule has 41 heavy (non-hydrogen) atoms. The molecule has 0 spiro atoms. The van der Waals surface area contributed by atoms with E-state index >= 15 is 0 Å². The minimum Gasteiger partial charge on any atom is -0.400 e. The summed E-state index contributed by atoms with van der Waals surface area (Å²) in [5.41, 5.74) is 2.42. The molecule has 5 heteroatoms. The van der Waals surface area contributed by atoms with Crippen LogP contribution < -0.4 is 0 Å². The van der Waals surface area contributed by atoms with Crippen molar-refractivity contribution in [2.24, 2.45) is 52.3 Å². The SMILES string of the molecule is CCC(/C=C/[C@@H](C)C1CCC2C3CC=C4CC(OC5CC(O)CC(CO)O5)CCC4(C)C3CCC21C)C(C)C.CO. The predicted octanol–water partition coefficient (Wildman–Crippen LogP) is 7.29. The van der Waals surface area contributed by atoms with Crippen LogP contribution in [-0.4, -0.2) is 53.6 Å². The Morgan fingerprint density at radius 3 is 2.46 bits per heavy atom. The number of aliphatic hydroxyl groups excluding tert-OH is 3. The summed E-state index contributed by atoms with van der Waals surface area (Å²) in [5.74, 6) is 5.42. The molecule has 4 fully saturated rings. The quantitative estimate of drug-likeness (QED) is 0.265. The second-order valence-electron chi connectivity index (χ2n) is 15.0. The van der Waals surface area contributed by atoms with Gasteiger partial charge in [0, 0.05) is 20.0 Å². The first-order valence-electron chi connectivity index (χ1n) is 17.0. The maximum atomic E-state index is 10.2. The van der Waals surface area contributed by atoms with E-state index in [-0.39, 0.29) is 18.8 Å². The van der Waals surface area contributed by atoms with Gasteiger partial charge >= 0.3 is 0 Å². The normalized spacial score (nSPS) is 43.8. The molecule has 5 aliphatic rings. The molecule has 4 aliphatic carbocycles. The van der Waals surface area contributed by atoms with Crippen LogP contribution in [-0.2, 0) is 9.47 Å². The molecule has 12 atom stereocenters. The number of aliphatic hydroxyl groups is 3. The lowest BCUT2D eigenvalue weighted by Crippen LogP contribution is -2.51. The van der Waals surface area contributed by atoms with Gasteiger partial charge in [-0.25, -0.2) is 0 Å². The molecule has 236 valence electrons. The highest BCUT2D eigenvalue weighted by molar-refractivity contribution is 5.25. The van der Waals surface area contributed by atoms with Gasteiger partial charge in [0.25, 0.3) is 0 Å². The Hall–Kier alpha value is -0.720. The van der Waals surface area contributed by atoms with E-state index in [0.717, 1.165) is 49.5 Å². The fourth-order valence-electron chi connectivity index (χ4n) is 10.3. The fraction of sp³-hybridized carbons (Fsp3) is 0.889. The molecule has 0 aromatic rings. The van der Waals surface area contributed by atoms with Gasteiger partial charge in [0.05, 0.1) is 24.9 Å². The molecule has 1 saturated heterocycles. The Balaban J connectivity index is 0.00000189. The van der Waals surface area contributed by atoms with Crippen LogP contribution in [0, 0.1) is 52.3 Å². The van der Waals surface area contributed by atoms with Crippen LogP contribution in [0.25, 0.3) is 0 Å². The van der Waals surface area contributed by atoms with E-state index in [0.29, 0.717) is 35.5 Å². The zero-order chi connectivity index (χ0) is 29.9. The number of rotatable bonds is 8. The summed E-state index contributed by atoms with van der Waals surface area (Å²) in [5, 5.41) is 26.8. The van der Waals surface area contributed by atoms with Crippen molar-refractivity contribution >= 4 is 0 Å². The highest BCUT2D eigenvalue weighted by atomic mass is 16.7. The lowest BCUT2D eigenvalue weighted by atomic mass is 9.47. The first kappa shape index (κ1) is 33.2. The molecule has 5 rings (SSSR count). The van der Waals surface area contributed by atoms with Crippen molar-refractivity contribution < 1.29 is 24.8 Å². The molecule has 11 unspecified atom stereocenters. The van der Waals surface area contributed by atoms with Crippen molar-refractivity contribution in [3.63, 3.8) is 0 Å². The van der Waals surface area contributed by atoms with Gasteiger partial charge < -0.3 is 24.8 Å². The second-order valence-corrected chi connectivity index (χ2v) is 15.0. The Morgan fingerprint density at radius 2 is 1.78 bits per heavy atom. The van der Waals surface area contributed by atoms with E-state index in [4.69, 9.17) is 14.6 Å². The number of hydrogen-bond donors (Lipinski definition) is 3. The van der Waals surface area contributed by atoms with Crippen molar-refractivity contribution in [1.29, 1.82) is 0 Å². The summed E-state index contributed by atoms with van der Waals surface area (Å²) >= 11 is 0. The van der Waals surface area contributed by atoms with E-state index in [1.807, 2.05) is 0 Å². The third-order valence-corrected chi connectivity index (χ3v) is 12.6. The van der Waals surface area contributed by atoms with Gasteiger partial charge in [-0.15, -0.1) is 0 Å². The molecule has 3 N–H and O–H groups in total. The minimum absolute atomic E-state index is 0.0545. The van der Waals surface area contributed by atoms with E-state index in [1.54, 1.807) is 5.57 Å². The van der Waals surface area contributed by atoms with Crippen molar-refractivity contribution in [2.75, 3.05) is 13.7 Å². The lowest BCUT2D eigenvalue weighted by Gasteiger charge is -2.58. The van der Waals surface area contributed by atoms with E-state index in [1.165, 1.54) is 44.9 Å². The highest BCUT2D eigenvalue weighted by Gasteiger charge is 2.59. The topological polar surface area (TPSA) is 79.2 Å². The van der Waals surface area contributed by atoms with Gasteiger partial charge in [-0.1, -0.05) is 65.3 Å². The van der Waals surface area contributed by atoms with Crippen molar-refractivity contribution in [1.82, 2.24) is 0 Å². The molecular formula is C36H62O5. The summed E-state index contributed by atoms with van der Waals surface area (Å²) in [6.45, 7) is 14.8. The molecule has 0 aromatic carbocycles. The van der Waals surface area contributed by atoms with Crippen LogP contribution in [0.5, 0.6) is 0 Å². The first-order valence-corrected chi connectivity index (χ1v) is 17.0. The monoisotopic (exact) mass is 574 g/mol. The van der Waals surface area contributed by atoms with E-state index < -0.39 is 12.4 Å². The molecule has 1 aliphatic heterocycles. The zero-order valence-electron chi connectivity index (χ0n) is 27.2. The molecular weight excluding hydrogens is 512 g/mol. The standard InChI is InChI=1S/C35H58O4.CH4O/c1-7-24(22(2)3)9-8-23(4)30-12-13-31-29-11-10-25-18-27(38-33-20-26(37)19-28(21-36)39-33)14-16-34(25,5)32(29)15-17-35(30,31)6;1-2/h8-10,22-24,26-33,36-37H,7,11-21H2,1-6H3;2H,1H3/b9-8+;/t23-,24?,26?,27?,28?,29?,30?,31?,32?,33?,34?,35?;/m1./s1. The largest absolute Gasteiger partial charge is 0.400 e. The number of hydrogen-bond acceptors (Lipinski definition) is 5. The summed E-state index contributed by atoms with van der Waals surface area (Å²) in [6, 6.07) is 0. The Kier molecular flexibility index (Phi) is 11.3. The van der Waals surface area contributed by atoms with Crippen molar-refractivity contribution in [3.05, 3.63) is 23.8 Å². The molecule has 0 bridgehead atoms. The van der Waals surface area contributed by atoms with Crippen LogP contribution in [0.1, 0.15) is 112 Å².